The number of fused-ring (bicyclic) bond motifs is 1. The summed E-state index contributed by atoms with van der Waals surface area (Å²) in [6, 6.07) is 13.5. The highest BCUT2D eigenvalue weighted by molar-refractivity contribution is 7.16. The Morgan fingerprint density at radius 3 is 2.40 bits per heavy atom. The lowest BCUT2D eigenvalue weighted by atomic mass is 9.87. The fourth-order valence-corrected chi connectivity index (χ4v) is 3.66. The Kier molecular flexibility index (Phi) is 4.52. The summed E-state index contributed by atoms with van der Waals surface area (Å²) in [6.45, 7) is 6.46. The number of carbonyl (C=O) groups excluding carboxylic acids is 1. The number of ether oxygens (including phenoxy) is 1. The van der Waals surface area contributed by atoms with Crippen molar-refractivity contribution in [1.29, 1.82) is 0 Å². The molecule has 0 fully saturated rings. The Bertz CT molecular complexity index is 989. The number of thiazole rings is 1. The van der Waals surface area contributed by atoms with Gasteiger partial charge in [-0.2, -0.15) is 4.99 Å². The van der Waals surface area contributed by atoms with Gasteiger partial charge in [0.15, 0.2) is 4.80 Å². The number of aromatic nitrogens is 1. The first-order chi connectivity index (χ1) is 11.8. The predicted octanol–water partition coefficient (Wildman–Crippen LogP) is 4.29. The van der Waals surface area contributed by atoms with Gasteiger partial charge in [-0.1, -0.05) is 44.2 Å². The van der Waals surface area contributed by atoms with E-state index in [0.29, 0.717) is 10.4 Å². The Labute approximate surface area is 151 Å². The molecule has 5 heteroatoms. The molecule has 130 valence electrons. The van der Waals surface area contributed by atoms with Crippen LogP contribution in [0.25, 0.3) is 10.2 Å². The predicted molar refractivity (Wildman–Crippen MR) is 102 cm³/mol. The highest BCUT2D eigenvalue weighted by atomic mass is 32.1. The van der Waals surface area contributed by atoms with Gasteiger partial charge < -0.3 is 9.30 Å². The molecule has 0 saturated heterocycles. The van der Waals surface area contributed by atoms with Crippen LogP contribution in [0.1, 0.15) is 36.7 Å². The summed E-state index contributed by atoms with van der Waals surface area (Å²) >= 11 is 1.48. The van der Waals surface area contributed by atoms with E-state index in [9.17, 15) is 4.79 Å². The number of methoxy groups -OCH3 is 1. The van der Waals surface area contributed by atoms with Crippen molar-refractivity contribution in [2.45, 2.75) is 26.2 Å². The maximum atomic E-state index is 12.5. The fraction of sp³-hybridized carbons (Fsp3) is 0.300. The Morgan fingerprint density at radius 2 is 1.80 bits per heavy atom. The van der Waals surface area contributed by atoms with Gasteiger partial charge in [-0.25, -0.2) is 0 Å². The van der Waals surface area contributed by atoms with E-state index in [0.717, 1.165) is 16.0 Å². The Morgan fingerprint density at radius 1 is 1.12 bits per heavy atom. The van der Waals surface area contributed by atoms with E-state index in [2.05, 4.69) is 25.8 Å². The van der Waals surface area contributed by atoms with Gasteiger partial charge >= 0.3 is 0 Å². The first-order valence-corrected chi connectivity index (χ1v) is 8.94. The summed E-state index contributed by atoms with van der Waals surface area (Å²) in [4.78, 5) is 17.5. The van der Waals surface area contributed by atoms with E-state index in [-0.39, 0.29) is 11.3 Å². The second-order valence-electron chi connectivity index (χ2n) is 7.02. The van der Waals surface area contributed by atoms with E-state index in [1.165, 1.54) is 16.9 Å². The van der Waals surface area contributed by atoms with E-state index < -0.39 is 0 Å². The van der Waals surface area contributed by atoms with Crippen LogP contribution in [0, 0.1) is 0 Å². The molecular formula is C20H22N2O2S. The van der Waals surface area contributed by atoms with Crippen LogP contribution in [0.5, 0.6) is 5.75 Å². The molecule has 1 heterocycles. The van der Waals surface area contributed by atoms with E-state index in [1.54, 1.807) is 7.11 Å². The lowest BCUT2D eigenvalue weighted by Gasteiger charge is -2.18. The number of hydrogen-bond acceptors (Lipinski definition) is 3. The third-order valence-corrected chi connectivity index (χ3v) is 5.31. The van der Waals surface area contributed by atoms with Gasteiger partial charge in [0.1, 0.15) is 5.75 Å². The maximum Gasteiger partial charge on any atom is 0.279 e. The van der Waals surface area contributed by atoms with Gasteiger partial charge in [0.2, 0.25) is 0 Å². The molecule has 0 aliphatic heterocycles. The topological polar surface area (TPSA) is 43.6 Å². The normalized spacial score (nSPS) is 12.6. The zero-order chi connectivity index (χ0) is 18.2. The van der Waals surface area contributed by atoms with E-state index >= 15 is 0 Å². The maximum absolute atomic E-state index is 12.5. The van der Waals surface area contributed by atoms with Crippen LogP contribution in [-0.2, 0) is 12.5 Å². The monoisotopic (exact) mass is 354 g/mol. The van der Waals surface area contributed by atoms with Crippen LogP contribution in [-0.4, -0.2) is 17.6 Å². The number of amides is 1. The standard InChI is InChI=1S/C20H22N2O2S/c1-20(2,3)14-8-6-13(7-9-14)18(23)21-19-22(4)16-11-10-15(24-5)12-17(16)25-19/h6-12H,1-5H3. The molecule has 25 heavy (non-hydrogen) atoms. The summed E-state index contributed by atoms with van der Waals surface area (Å²) in [5.74, 6) is 0.569. The van der Waals surface area contributed by atoms with Crippen LogP contribution in [0.3, 0.4) is 0 Å². The lowest BCUT2D eigenvalue weighted by molar-refractivity contribution is 0.0998. The van der Waals surface area contributed by atoms with Crippen molar-refractivity contribution < 1.29 is 9.53 Å². The molecule has 0 N–H and O–H groups in total. The van der Waals surface area contributed by atoms with Gasteiger partial charge in [0.25, 0.3) is 5.91 Å². The molecule has 3 rings (SSSR count). The summed E-state index contributed by atoms with van der Waals surface area (Å²) in [5, 5.41) is 0. The van der Waals surface area contributed by atoms with Crippen molar-refractivity contribution in [3.63, 3.8) is 0 Å². The smallest absolute Gasteiger partial charge is 0.279 e. The first kappa shape index (κ1) is 17.4. The van der Waals surface area contributed by atoms with Gasteiger partial charge in [-0.3, -0.25) is 4.79 Å². The third-order valence-electron chi connectivity index (χ3n) is 4.21. The SMILES string of the molecule is COc1ccc2c(c1)sc(=NC(=O)c1ccc(C(C)(C)C)cc1)n2C. The van der Waals surface area contributed by atoms with Gasteiger partial charge in [0.05, 0.1) is 17.3 Å². The van der Waals surface area contributed by atoms with Gasteiger partial charge in [-0.05, 0) is 41.3 Å². The molecule has 4 nitrogen and oxygen atoms in total. The molecule has 0 radical (unpaired) electrons. The van der Waals surface area contributed by atoms with Crippen LogP contribution in [0.2, 0.25) is 0 Å². The number of benzene rings is 2. The minimum atomic E-state index is -0.227. The highest BCUT2D eigenvalue weighted by Crippen LogP contribution is 2.23. The fourth-order valence-electron chi connectivity index (χ4n) is 2.61. The second-order valence-corrected chi connectivity index (χ2v) is 8.03. The summed E-state index contributed by atoms with van der Waals surface area (Å²) in [5.41, 5.74) is 2.89. The molecule has 3 aromatic rings. The zero-order valence-corrected chi connectivity index (χ0v) is 16.0. The minimum Gasteiger partial charge on any atom is -0.497 e. The lowest BCUT2D eigenvalue weighted by Crippen LogP contribution is -2.14. The number of hydrogen-bond donors (Lipinski definition) is 0. The van der Waals surface area contributed by atoms with Crippen molar-refractivity contribution in [1.82, 2.24) is 4.57 Å². The molecule has 0 unspecified atom stereocenters. The van der Waals surface area contributed by atoms with Gasteiger partial charge in [0, 0.05) is 12.6 Å². The van der Waals surface area contributed by atoms with Crippen molar-refractivity contribution in [3.8, 4) is 5.75 Å². The van der Waals surface area contributed by atoms with Crippen LogP contribution >= 0.6 is 11.3 Å². The molecule has 0 saturated carbocycles. The molecular weight excluding hydrogens is 332 g/mol. The van der Waals surface area contributed by atoms with E-state index in [4.69, 9.17) is 4.74 Å². The van der Waals surface area contributed by atoms with Crippen molar-refractivity contribution in [3.05, 3.63) is 58.4 Å². The average Bonchev–Trinajstić information content (AvgIpc) is 2.89. The quantitative estimate of drug-likeness (QED) is 0.689. The first-order valence-electron chi connectivity index (χ1n) is 8.13. The van der Waals surface area contributed by atoms with E-state index in [1.807, 2.05) is 54.1 Å². The molecule has 0 bridgehead atoms. The molecule has 2 aromatic carbocycles. The average molecular weight is 354 g/mol. The highest BCUT2D eigenvalue weighted by Gasteiger charge is 2.14. The number of aryl methyl sites for hydroxylation is 1. The van der Waals surface area contributed by atoms with Gasteiger partial charge in [-0.15, -0.1) is 0 Å². The van der Waals surface area contributed by atoms with Crippen molar-refractivity contribution >= 4 is 27.5 Å². The largest absolute Gasteiger partial charge is 0.497 e. The van der Waals surface area contributed by atoms with Crippen LogP contribution in [0.15, 0.2) is 47.5 Å². The molecule has 0 aliphatic carbocycles. The summed E-state index contributed by atoms with van der Waals surface area (Å²) in [6.07, 6.45) is 0. The van der Waals surface area contributed by atoms with Crippen LogP contribution in [0.4, 0.5) is 0 Å². The number of nitrogens with zero attached hydrogens (tertiary/aromatic N) is 2. The summed E-state index contributed by atoms with van der Waals surface area (Å²) < 4.78 is 8.23. The summed E-state index contributed by atoms with van der Waals surface area (Å²) in [7, 11) is 3.56. The molecule has 1 aromatic heterocycles. The molecule has 0 spiro atoms. The third kappa shape index (κ3) is 3.51. The molecule has 0 atom stereocenters. The molecule has 0 aliphatic rings. The minimum absolute atomic E-state index is 0.0652. The zero-order valence-electron chi connectivity index (χ0n) is 15.2. The Hall–Kier alpha value is -2.40. The van der Waals surface area contributed by atoms with Crippen LogP contribution < -0.4 is 9.54 Å². The Balaban J connectivity index is 1.98. The number of carbonyl (C=O) groups is 1. The van der Waals surface area contributed by atoms with Crippen molar-refractivity contribution in [2.24, 2.45) is 12.0 Å². The molecule has 1 amide bonds. The van der Waals surface area contributed by atoms with Crippen molar-refractivity contribution in [2.75, 3.05) is 7.11 Å². The number of rotatable bonds is 2. The second kappa shape index (κ2) is 6.48.